The van der Waals surface area contributed by atoms with Crippen molar-refractivity contribution in [1.29, 1.82) is 0 Å². The highest BCUT2D eigenvalue weighted by atomic mass is 79.9. The topological polar surface area (TPSA) is 110 Å². The van der Waals surface area contributed by atoms with E-state index in [0.717, 1.165) is 45.5 Å². The van der Waals surface area contributed by atoms with Crippen molar-refractivity contribution in [3.05, 3.63) is 93.5 Å². The molecule has 1 saturated carbocycles. The molecule has 2 aromatic heterocycles. The maximum Gasteiger partial charge on any atom is 0.337 e. The van der Waals surface area contributed by atoms with Gasteiger partial charge in [0.1, 0.15) is 0 Å². The average Bonchev–Trinajstić information content (AvgIpc) is 3.40. The summed E-state index contributed by atoms with van der Waals surface area (Å²) in [6.45, 7) is 2.77. The van der Waals surface area contributed by atoms with Crippen LogP contribution in [-0.4, -0.2) is 49.9 Å². The molecule has 1 aliphatic carbocycles. The first kappa shape index (κ1) is 26.9. The molecule has 0 spiro atoms. The molecule has 2 aromatic carbocycles. The Morgan fingerprint density at radius 2 is 1.98 bits per heavy atom. The molecule has 0 amide bonds. The van der Waals surface area contributed by atoms with E-state index < -0.39 is 16.0 Å². The van der Waals surface area contributed by atoms with Crippen LogP contribution in [-0.2, 0) is 30.0 Å². The number of halogens is 1. The van der Waals surface area contributed by atoms with Gasteiger partial charge in [0.25, 0.3) is 0 Å². The Morgan fingerprint density at radius 3 is 2.70 bits per heavy atom. The first-order valence-corrected chi connectivity index (χ1v) is 15.6. The van der Waals surface area contributed by atoms with E-state index in [9.17, 15) is 18.3 Å². The molecule has 3 atom stereocenters. The number of aromatic nitrogens is 4. The summed E-state index contributed by atoms with van der Waals surface area (Å²) in [5.41, 5.74) is 4.34. The summed E-state index contributed by atoms with van der Waals surface area (Å²) in [7, 11) is -1.90. The van der Waals surface area contributed by atoms with E-state index in [0.29, 0.717) is 17.9 Å². The van der Waals surface area contributed by atoms with E-state index in [4.69, 9.17) is 0 Å². The number of carboxylic acid groups (broad SMARTS) is 1. The maximum absolute atomic E-state index is 13.8. The zero-order valence-electron chi connectivity index (χ0n) is 22.2. The number of hydrogen-bond donors (Lipinski definition) is 1. The number of benzene rings is 2. The van der Waals surface area contributed by atoms with Gasteiger partial charge in [0, 0.05) is 60.2 Å². The third-order valence-electron chi connectivity index (χ3n) is 8.04. The second kappa shape index (κ2) is 10.3. The van der Waals surface area contributed by atoms with Crippen LogP contribution in [0, 0.1) is 5.92 Å². The van der Waals surface area contributed by atoms with Gasteiger partial charge in [0.15, 0.2) is 0 Å². The molecule has 0 radical (unpaired) electrons. The van der Waals surface area contributed by atoms with Gasteiger partial charge in [-0.15, -0.1) is 5.10 Å². The Hall–Kier alpha value is -3.28. The lowest BCUT2D eigenvalue weighted by molar-refractivity contribution is 0.0695. The van der Waals surface area contributed by atoms with Crippen LogP contribution >= 0.6 is 15.9 Å². The van der Waals surface area contributed by atoms with Crippen molar-refractivity contribution in [3.63, 3.8) is 0 Å². The van der Waals surface area contributed by atoms with Crippen LogP contribution < -0.4 is 0 Å². The molecule has 3 heterocycles. The Labute approximate surface area is 241 Å². The van der Waals surface area contributed by atoms with Crippen molar-refractivity contribution in [1.82, 2.24) is 23.9 Å². The largest absolute Gasteiger partial charge is 0.478 e. The quantitative estimate of drug-likeness (QED) is 0.306. The zero-order valence-corrected chi connectivity index (χ0v) is 24.6. The molecule has 208 valence electrons. The van der Waals surface area contributed by atoms with Gasteiger partial charge < -0.3 is 9.67 Å². The molecule has 1 fully saturated rings. The Morgan fingerprint density at radius 1 is 1.15 bits per heavy atom. The molecule has 0 bridgehead atoms. The van der Waals surface area contributed by atoms with Crippen molar-refractivity contribution < 1.29 is 18.3 Å². The number of carbonyl (C=O) groups is 1. The second-order valence-electron chi connectivity index (χ2n) is 10.8. The first-order chi connectivity index (χ1) is 19.2. The summed E-state index contributed by atoms with van der Waals surface area (Å²) in [4.78, 5) is 12.5. The third-order valence-corrected chi connectivity index (χ3v) is 10.4. The predicted molar refractivity (Wildman–Crippen MR) is 153 cm³/mol. The molecule has 9 nitrogen and oxygen atoms in total. The molecule has 40 heavy (non-hydrogen) atoms. The molecule has 0 saturated heterocycles. The lowest BCUT2D eigenvalue weighted by Crippen LogP contribution is -2.33. The molecule has 11 heteroatoms. The van der Waals surface area contributed by atoms with E-state index in [-0.39, 0.29) is 29.9 Å². The van der Waals surface area contributed by atoms with Gasteiger partial charge >= 0.3 is 5.97 Å². The summed E-state index contributed by atoms with van der Waals surface area (Å²) in [6.07, 6.45) is 6.05. The SMILES string of the molecule is CC[C@H]1Cc2ccc(Br)cc2S(=O)(=O)N(Cc2cccc(-n3ccc(C(=O)O)c3[C@@H]3C[C@H]3c3cn(C)nn3)c2)C1. The molecule has 2 aliphatic rings. The van der Waals surface area contributed by atoms with Gasteiger partial charge in [-0.3, -0.25) is 4.68 Å². The van der Waals surface area contributed by atoms with Crippen molar-refractivity contribution in [2.24, 2.45) is 13.0 Å². The Kier molecular flexibility index (Phi) is 6.92. The minimum absolute atomic E-state index is 0.00713. The minimum Gasteiger partial charge on any atom is -0.478 e. The smallest absolute Gasteiger partial charge is 0.337 e. The molecule has 6 rings (SSSR count). The van der Waals surface area contributed by atoms with Crippen LogP contribution in [0.15, 0.2) is 70.3 Å². The number of nitrogens with zero attached hydrogens (tertiary/aromatic N) is 5. The van der Waals surface area contributed by atoms with Gasteiger partial charge in [-0.25, -0.2) is 13.2 Å². The fourth-order valence-electron chi connectivity index (χ4n) is 5.86. The number of aromatic carboxylic acids is 1. The van der Waals surface area contributed by atoms with E-state index >= 15 is 0 Å². The monoisotopic (exact) mass is 623 g/mol. The summed E-state index contributed by atoms with van der Waals surface area (Å²) in [6, 6.07) is 14.8. The lowest BCUT2D eigenvalue weighted by atomic mass is 9.97. The zero-order chi connectivity index (χ0) is 28.2. The highest BCUT2D eigenvalue weighted by Crippen LogP contribution is 2.55. The van der Waals surface area contributed by atoms with Crippen molar-refractivity contribution in [2.45, 2.75) is 49.5 Å². The van der Waals surface area contributed by atoms with Crippen LogP contribution in [0.2, 0.25) is 0 Å². The summed E-state index contributed by atoms with van der Waals surface area (Å²) in [5, 5.41) is 18.2. The number of carboxylic acids is 1. The maximum atomic E-state index is 13.8. The molecular weight excluding hydrogens is 594 g/mol. The number of fused-ring (bicyclic) bond motifs is 1. The van der Waals surface area contributed by atoms with Gasteiger partial charge in [0.2, 0.25) is 10.0 Å². The van der Waals surface area contributed by atoms with Gasteiger partial charge in [0.05, 0.1) is 16.2 Å². The minimum atomic E-state index is -3.71. The van der Waals surface area contributed by atoms with E-state index in [2.05, 4.69) is 33.2 Å². The van der Waals surface area contributed by atoms with Gasteiger partial charge in [-0.2, -0.15) is 4.31 Å². The standard InChI is InChI=1S/C29H30BrN5O4S/c1-3-18-11-20-7-8-21(30)13-27(20)40(38,39)34(15-18)16-19-5-4-6-22(12-19)35-10-9-23(29(36)37)28(35)25-14-24(25)26-17-33(2)32-31-26/h4-10,12-13,17-18,24-25H,3,11,14-16H2,1-2H3,(H,36,37)/t18-,24+,25+/m0/s1. The Bertz CT molecular complexity index is 1710. The van der Waals surface area contributed by atoms with Gasteiger partial charge in [-0.1, -0.05) is 52.7 Å². The van der Waals surface area contributed by atoms with Crippen molar-refractivity contribution in [3.8, 4) is 5.69 Å². The van der Waals surface area contributed by atoms with Crippen LogP contribution in [0.1, 0.15) is 64.5 Å². The molecule has 0 unspecified atom stereocenters. The van der Waals surface area contributed by atoms with E-state index in [1.54, 1.807) is 27.3 Å². The van der Waals surface area contributed by atoms with Crippen LogP contribution in [0.25, 0.3) is 5.69 Å². The lowest BCUT2D eigenvalue weighted by Gasteiger charge is -2.24. The van der Waals surface area contributed by atoms with Crippen molar-refractivity contribution in [2.75, 3.05) is 6.54 Å². The third kappa shape index (κ3) is 4.90. The number of rotatable bonds is 7. The number of hydrogen-bond acceptors (Lipinski definition) is 5. The van der Waals surface area contributed by atoms with Crippen LogP contribution in [0.4, 0.5) is 0 Å². The highest BCUT2D eigenvalue weighted by molar-refractivity contribution is 9.10. The van der Waals surface area contributed by atoms with Crippen LogP contribution in [0.3, 0.4) is 0 Å². The second-order valence-corrected chi connectivity index (χ2v) is 13.6. The van der Waals surface area contributed by atoms with Crippen molar-refractivity contribution >= 4 is 31.9 Å². The fourth-order valence-corrected chi connectivity index (χ4v) is 8.13. The summed E-state index contributed by atoms with van der Waals surface area (Å²) >= 11 is 3.44. The number of sulfonamides is 1. The fraction of sp³-hybridized carbons (Fsp3) is 0.345. The highest BCUT2D eigenvalue weighted by Gasteiger charge is 2.45. The Balaban J connectivity index is 1.34. The first-order valence-electron chi connectivity index (χ1n) is 13.3. The predicted octanol–water partition coefficient (Wildman–Crippen LogP) is 5.11. The van der Waals surface area contributed by atoms with Crippen LogP contribution in [0.5, 0.6) is 0 Å². The average molecular weight is 625 g/mol. The van der Waals surface area contributed by atoms with Gasteiger partial charge in [-0.05, 0) is 60.2 Å². The molecule has 1 N–H and O–H groups in total. The molecule has 4 aromatic rings. The normalized spacial score (nSPS) is 22.0. The molecular formula is C29H30BrN5O4S. The summed E-state index contributed by atoms with van der Waals surface area (Å²) in [5.74, 6) is -0.646. The van der Waals surface area contributed by atoms with E-state index in [1.165, 1.54) is 0 Å². The van der Waals surface area contributed by atoms with E-state index in [1.807, 2.05) is 54.2 Å². The summed E-state index contributed by atoms with van der Waals surface area (Å²) < 4.78 is 33.5. The molecule has 1 aliphatic heterocycles. The number of aryl methyl sites for hydroxylation is 1.